The molecule has 6 heteroatoms. The normalized spacial score (nSPS) is 31.0. The van der Waals surface area contributed by atoms with Crippen LogP contribution in [0.25, 0.3) is 0 Å². The molecule has 2 aliphatic rings. The van der Waals surface area contributed by atoms with Crippen molar-refractivity contribution in [2.24, 2.45) is 0 Å². The summed E-state index contributed by atoms with van der Waals surface area (Å²) in [7, 11) is 0. The second kappa shape index (κ2) is 3.93. The predicted octanol–water partition coefficient (Wildman–Crippen LogP) is 0.536. The number of hydrogen-bond donors (Lipinski definition) is 1. The Morgan fingerprint density at radius 1 is 1.27 bits per heavy atom. The minimum Gasteiger partial charge on any atom is -0.390 e. The van der Waals surface area contributed by atoms with Crippen molar-refractivity contribution >= 4 is 0 Å². The van der Waals surface area contributed by atoms with Crippen LogP contribution in [0.4, 0.5) is 8.78 Å². The van der Waals surface area contributed by atoms with Crippen molar-refractivity contribution in [3.63, 3.8) is 0 Å². The van der Waals surface area contributed by atoms with Gasteiger partial charge in [0.2, 0.25) is 0 Å². The summed E-state index contributed by atoms with van der Waals surface area (Å²) in [6.07, 6.45) is -0.889. The minimum absolute atomic E-state index is 0.0272. The van der Waals surface area contributed by atoms with E-state index < -0.39 is 24.4 Å². The van der Waals surface area contributed by atoms with E-state index in [1.165, 1.54) is 0 Å². The lowest BCUT2D eigenvalue weighted by molar-refractivity contribution is -0.262. The molecule has 1 spiro atoms. The third-order valence-corrected chi connectivity index (χ3v) is 2.79. The van der Waals surface area contributed by atoms with Gasteiger partial charge in [0.25, 0.3) is 5.92 Å². The summed E-state index contributed by atoms with van der Waals surface area (Å²) in [5.41, 5.74) is 0. The summed E-state index contributed by atoms with van der Waals surface area (Å²) in [6.45, 7) is -0.192. The van der Waals surface area contributed by atoms with Gasteiger partial charge in [-0.15, -0.1) is 0 Å². The van der Waals surface area contributed by atoms with Gasteiger partial charge in [-0.1, -0.05) is 0 Å². The first-order chi connectivity index (χ1) is 7.08. The smallest absolute Gasteiger partial charge is 0.296 e. The van der Waals surface area contributed by atoms with Crippen LogP contribution in [0.5, 0.6) is 0 Å². The molecule has 1 unspecified atom stereocenters. The maximum atomic E-state index is 13.2. The van der Waals surface area contributed by atoms with Crippen LogP contribution in [0.2, 0.25) is 0 Å². The van der Waals surface area contributed by atoms with Gasteiger partial charge in [0.05, 0.1) is 19.8 Å². The fourth-order valence-corrected chi connectivity index (χ4v) is 1.93. The standard InChI is InChI=1S/C9H14F2O4/c10-9(11,6-12)7-5-8(1-2-13-7)14-3-4-15-8/h7,12H,1-6H2. The van der Waals surface area contributed by atoms with Gasteiger partial charge in [-0.05, 0) is 0 Å². The van der Waals surface area contributed by atoms with Crippen LogP contribution >= 0.6 is 0 Å². The Morgan fingerprint density at radius 2 is 1.93 bits per heavy atom. The average molecular weight is 224 g/mol. The van der Waals surface area contributed by atoms with E-state index in [-0.39, 0.29) is 13.0 Å². The maximum absolute atomic E-state index is 13.2. The maximum Gasteiger partial charge on any atom is 0.296 e. The number of alkyl halides is 2. The minimum atomic E-state index is -3.23. The van der Waals surface area contributed by atoms with Crippen LogP contribution in [0, 0.1) is 0 Å². The molecule has 2 heterocycles. The predicted molar refractivity (Wildman–Crippen MR) is 45.6 cm³/mol. The number of halogens is 2. The van der Waals surface area contributed by atoms with Crippen LogP contribution < -0.4 is 0 Å². The summed E-state index contributed by atoms with van der Waals surface area (Å²) >= 11 is 0. The molecule has 1 atom stereocenters. The topological polar surface area (TPSA) is 47.9 Å². The Morgan fingerprint density at radius 3 is 2.53 bits per heavy atom. The van der Waals surface area contributed by atoms with Gasteiger partial charge >= 0.3 is 0 Å². The highest BCUT2D eigenvalue weighted by Gasteiger charge is 2.50. The number of hydrogen-bond acceptors (Lipinski definition) is 4. The monoisotopic (exact) mass is 224 g/mol. The fourth-order valence-electron chi connectivity index (χ4n) is 1.93. The first kappa shape index (κ1) is 11.2. The van der Waals surface area contributed by atoms with E-state index in [1.54, 1.807) is 0 Å². The first-order valence-corrected chi connectivity index (χ1v) is 4.96. The summed E-state index contributed by atoms with van der Waals surface area (Å²) in [6, 6.07) is 0. The number of ether oxygens (including phenoxy) is 3. The molecular formula is C9H14F2O4. The van der Waals surface area contributed by atoms with Gasteiger partial charge in [0.1, 0.15) is 12.7 Å². The molecule has 4 nitrogen and oxygen atoms in total. The van der Waals surface area contributed by atoms with Gasteiger partial charge in [-0.25, -0.2) is 8.78 Å². The SMILES string of the molecule is OCC(F)(F)C1CC2(CCO1)OCCO2. The van der Waals surface area contributed by atoms with Crippen LogP contribution in [0.1, 0.15) is 12.8 Å². The summed E-state index contributed by atoms with van der Waals surface area (Å²) in [5, 5.41) is 8.57. The third-order valence-electron chi connectivity index (χ3n) is 2.79. The Kier molecular flexibility index (Phi) is 2.94. The zero-order chi connectivity index (χ0) is 10.9. The molecule has 0 aromatic rings. The Labute approximate surface area is 86.1 Å². The van der Waals surface area contributed by atoms with E-state index in [0.717, 1.165) is 0 Å². The largest absolute Gasteiger partial charge is 0.390 e. The van der Waals surface area contributed by atoms with Gasteiger partial charge in [0.15, 0.2) is 5.79 Å². The molecule has 0 radical (unpaired) electrons. The molecule has 15 heavy (non-hydrogen) atoms. The Balaban J connectivity index is 2.03. The summed E-state index contributed by atoms with van der Waals surface area (Å²) in [5.74, 6) is -4.15. The first-order valence-electron chi connectivity index (χ1n) is 4.96. The fraction of sp³-hybridized carbons (Fsp3) is 1.00. The van der Waals surface area contributed by atoms with Gasteiger partial charge in [-0.2, -0.15) is 0 Å². The molecule has 2 rings (SSSR count). The van der Waals surface area contributed by atoms with E-state index in [0.29, 0.717) is 19.6 Å². The van der Waals surface area contributed by atoms with E-state index in [1.807, 2.05) is 0 Å². The van der Waals surface area contributed by atoms with E-state index in [2.05, 4.69) is 0 Å². The van der Waals surface area contributed by atoms with E-state index in [9.17, 15) is 8.78 Å². The van der Waals surface area contributed by atoms with Gasteiger partial charge in [0, 0.05) is 12.8 Å². The van der Waals surface area contributed by atoms with Crippen LogP contribution in [-0.4, -0.2) is 49.3 Å². The second-order valence-corrected chi connectivity index (χ2v) is 3.84. The zero-order valence-electron chi connectivity index (χ0n) is 8.25. The van der Waals surface area contributed by atoms with Crippen LogP contribution in [0.3, 0.4) is 0 Å². The molecule has 0 aliphatic carbocycles. The van der Waals surface area contributed by atoms with Crippen molar-refractivity contribution in [1.29, 1.82) is 0 Å². The molecule has 1 N–H and O–H groups in total. The highest BCUT2D eigenvalue weighted by Crippen LogP contribution is 2.38. The van der Waals surface area contributed by atoms with Gasteiger partial charge in [-0.3, -0.25) is 0 Å². The lowest BCUT2D eigenvalue weighted by Gasteiger charge is -2.38. The van der Waals surface area contributed by atoms with Crippen molar-refractivity contribution in [2.45, 2.75) is 30.7 Å². The second-order valence-electron chi connectivity index (χ2n) is 3.84. The Bertz CT molecular complexity index is 228. The molecule has 0 aromatic carbocycles. The molecule has 0 aromatic heterocycles. The van der Waals surface area contributed by atoms with Crippen molar-refractivity contribution in [3.05, 3.63) is 0 Å². The number of aliphatic hydroxyl groups excluding tert-OH is 1. The van der Waals surface area contributed by atoms with E-state index in [4.69, 9.17) is 19.3 Å². The van der Waals surface area contributed by atoms with Crippen molar-refractivity contribution < 1.29 is 28.1 Å². The van der Waals surface area contributed by atoms with Gasteiger partial charge < -0.3 is 19.3 Å². The molecule has 88 valence electrons. The molecular weight excluding hydrogens is 210 g/mol. The number of rotatable bonds is 2. The Hall–Kier alpha value is -0.300. The van der Waals surface area contributed by atoms with Crippen LogP contribution in [-0.2, 0) is 14.2 Å². The van der Waals surface area contributed by atoms with Crippen molar-refractivity contribution in [3.8, 4) is 0 Å². The van der Waals surface area contributed by atoms with E-state index >= 15 is 0 Å². The highest BCUT2D eigenvalue weighted by molar-refractivity contribution is 4.89. The molecule has 2 aliphatic heterocycles. The highest BCUT2D eigenvalue weighted by atomic mass is 19.3. The molecule has 0 bridgehead atoms. The third kappa shape index (κ3) is 2.13. The lowest BCUT2D eigenvalue weighted by Crippen LogP contribution is -2.50. The quantitative estimate of drug-likeness (QED) is 0.743. The molecule has 0 amide bonds. The molecule has 0 saturated carbocycles. The molecule has 2 fully saturated rings. The zero-order valence-corrected chi connectivity index (χ0v) is 8.25. The van der Waals surface area contributed by atoms with Crippen molar-refractivity contribution in [2.75, 3.05) is 26.4 Å². The number of aliphatic hydroxyl groups is 1. The average Bonchev–Trinajstić information content (AvgIpc) is 2.66. The lowest BCUT2D eigenvalue weighted by atomic mass is 9.98. The van der Waals surface area contributed by atoms with Crippen molar-refractivity contribution in [1.82, 2.24) is 0 Å². The van der Waals surface area contributed by atoms with Crippen LogP contribution in [0.15, 0.2) is 0 Å². The summed E-state index contributed by atoms with van der Waals surface area (Å²) in [4.78, 5) is 0. The molecule has 2 saturated heterocycles. The summed E-state index contributed by atoms with van der Waals surface area (Å²) < 4.78 is 42.0.